The van der Waals surface area contributed by atoms with E-state index in [4.69, 9.17) is 4.74 Å². The van der Waals surface area contributed by atoms with Crippen LogP contribution in [0.25, 0.3) is 0 Å². The summed E-state index contributed by atoms with van der Waals surface area (Å²) in [6.45, 7) is 3.31. The van der Waals surface area contributed by atoms with Gasteiger partial charge in [0.25, 0.3) is 0 Å². The number of benzene rings is 1. The molecule has 1 rings (SSSR count). The van der Waals surface area contributed by atoms with Crippen LogP contribution in [0.5, 0.6) is 0 Å². The second-order valence-electron chi connectivity index (χ2n) is 4.48. The fraction of sp³-hybridized carbons (Fsp3) is 0.438. The number of hydrogen-bond acceptors (Lipinski definition) is 3. The van der Waals surface area contributed by atoms with Gasteiger partial charge in [-0.15, -0.1) is 0 Å². The topological polar surface area (TPSA) is 46.5 Å². The van der Waals surface area contributed by atoms with Crippen molar-refractivity contribution >= 4 is 5.97 Å². The highest BCUT2D eigenvalue weighted by molar-refractivity contribution is 5.66. The van der Waals surface area contributed by atoms with Gasteiger partial charge in [-0.3, -0.25) is 4.79 Å². The summed E-state index contributed by atoms with van der Waals surface area (Å²) < 4.78 is 4.71. The molecule has 0 aliphatic carbocycles. The first kappa shape index (κ1) is 15.3. The van der Waals surface area contributed by atoms with E-state index in [1.54, 1.807) is 0 Å². The van der Waals surface area contributed by atoms with E-state index in [2.05, 4.69) is 11.8 Å². The van der Waals surface area contributed by atoms with E-state index in [1.165, 1.54) is 12.5 Å². The smallest absolute Gasteiger partial charge is 0.303 e. The maximum Gasteiger partial charge on any atom is 0.303 e. The van der Waals surface area contributed by atoms with Crippen molar-refractivity contribution < 1.29 is 14.6 Å². The maximum atomic E-state index is 10.5. The molecule has 1 N–H and O–H groups in total. The molecule has 0 fully saturated rings. The molecular weight excluding hydrogens is 240 g/mol. The third kappa shape index (κ3) is 6.64. The predicted octanol–water partition coefficient (Wildman–Crippen LogP) is 2.18. The molecule has 0 aromatic heterocycles. The Morgan fingerprint density at radius 3 is 2.68 bits per heavy atom. The summed E-state index contributed by atoms with van der Waals surface area (Å²) in [6, 6.07) is 10.0. The van der Waals surface area contributed by atoms with Crippen molar-refractivity contribution in [1.29, 1.82) is 0 Å². The highest BCUT2D eigenvalue weighted by Gasteiger charge is 2.11. The summed E-state index contributed by atoms with van der Waals surface area (Å²) in [6.07, 6.45) is 1.04. The second kappa shape index (κ2) is 8.34. The van der Waals surface area contributed by atoms with Gasteiger partial charge in [-0.1, -0.05) is 42.2 Å². The Morgan fingerprint density at radius 2 is 2.05 bits per heavy atom. The number of ether oxygens (including phenoxy) is 1. The molecule has 0 radical (unpaired) electrons. The lowest BCUT2D eigenvalue weighted by Gasteiger charge is -2.13. The van der Waals surface area contributed by atoms with Crippen LogP contribution in [0.4, 0.5) is 0 Å². The van der Waals surface area contributed by atoms with Crippen LogP contribution in [0.2, 0.25) is 0 Å². The van der Waals surface area contributed by atoms with E-state index in [0.717, 1.165) is 6.42 Å². The molecular formula is C16H20O3. The summed E-state index contributed by atoms with van der Waals surface area (Å²) in [7, 11) is 0. The molecule has 0 unspecified atom stereocenters. The monoisotopic (exact) mass is 260 g/mol. The lowest BCUT2D eigenvalue weighted by molar-refractivity contribution is -0.139. The van der Waals surface area contributed by atoms with Crippen LogP contribution in [0.3, 0.4) is 0 Å². The van der Waals surface area contributed by atoms with Crippen LogP contribution in [0, 0.1) is 17.8 Å². The number of hydrogen-bond donors (Lipinski definition) is 1. The van der Waals surface area contributed by atoms with Crippen molar-refractivity contribution in [3.8, 4) is 11.8 Å². The second-order valence-corrected chi connectivity index (χ2v) is 4.48. The predicted molar refractivity (Wildman–Crippen MR) is 74.3 cm³/mol. The zero-order chi connectivity index (χ0) is 14.1. The molecule has 1 aromatic rings. The summed E-state index contributed by atoms with van der Waals surface area (Å²) in [5, 5.41) is 9.98. The number of aliphatic hydroxyl groups excluding tert-OH is 1. The molecule has 102 valence electrons. The highest BCUT2D eigenvalue weighted by atomic mass is 16.5. The van der Waals surface area contributed by atoms with Crippen LogP contribution in [0.15, 0.2) is 30.3 Å². The summed E-state index contributed by atoms with van der Waals surface area (Å²) in [4.78, 5) is 10.5. The zero-order valence-corrected chi connectivity index (χ0v) is 11.4. The lowest BCUT2D eigenvalue weighted by Crippen LogP contribution is -2.17. The maximum absolute atomic E-state index is 10.5. The highest BCUT2D eigenvalue weighted by Crippen LogP contribution is 2.10. The van der Waals surface area contributed by atoms with Crippen LogP contribution >= 0.6 is 0 Å². The van der Waals surface area contributed by atoms with Gasteiger partial charge >= 0.3 is 5.97 Å². The van der Waals surface area contributed by atoms with Crippen molar-refractivity contribution in [2.45, 2.75) is 32.8 Å². The van der Waals surface area contributed by atoms with Gasteiger partial charge in [0, 0.05) is 12.8 Å². The van der Waals surface area contributed by atoms with Gasteiger partial charge in [0.1, 0.15) is 0 Å². The quantitative estimate of drug-likeness (QED) is 0.652. The van der Waals surface area contributed by atoms with E-state index in [0.29, 0.717) is 6.42 Å². The molecule has 0 saturated carbocycles. The number of esters is 1. The van der Waals surface area contributed by atoms with Crippen molar-refractivity contribution in [3.05, 3.63) is 35.9 Å². The Hall–Kier alpha value is -1.79. The Morgan fingerprint density at radius 1 is 1.37 bits per heavy atom. The van der Waals surface area contributed by atoms with Gasteiger partial charge in [-0.25, -0.2) is 0 Å². The number of carbonyl (C=O) groups is 1. The molecule has 0 amide bonds. The molecule has 0 spiro atoms. The Kier molecular flexibility index (Phi) is 6.70. The van der Waals surface area contributed by atoms with E-state index < -0.39 is 6.10 Å². The molecule has 0 saturated heterocycles. The standard InChI is InChI=1S/C16H20O3/c1-13(7-6-12-19-14(2)17)16(18)11-10-15-8-4-3-5-9-15/h3-5,8-9,13,16,18H,10-12H2,1-2H3/t13-,16+/m1/s1. The van der Waals surface area contributed by atoms with Crippen molar-refractivity contribution in [3.63, 3.8) is 0 Å². The number of carbonyl (C=O) groups excluding carboxylic acids is 1. The minimum Gasteiger partial charge on any atom is -0.453 e. The molecule has 0 aliphatic heterocycles. The molecule has 0 heterocycles. The molecule has 0 bridgehead atoms. The molecule has 3 heteroatoms. The van der Waals surface area contributed by atoms with Crippen LogP contribution in [-0.2, 0) is 16.0 Å². The fourth-order valence-corrected chi connectivity index (χ4v) is 1.65. The Balaban J connectivity index is 2.32. The van der Waals surface area contributed by atoms with Gasteiger partial charge in [-0.2, -0.15) is 0 Å². The van der Waals surface area contributed by atoms with Crippen molar-refractivity contribution in [1.82, 2.24) is 0 Å². The lowest BCUT2D eigenvalue weighted by atomic mass is 9.98. The van der Waals surface area contributed by atoms with Gasteiger partial charge < -0.3 is 9.84 Å². The van der Waals surface area contributed by atoms with Crippen LogP contribution in [0.1, 0.15) is 25.8 Å². The average Bonchev–Trinajstić information content (AvgIpc) is 2.41. The largest absolute Gasteiger partial charge is 0.453 e. The van der Waals surface area contributed by atoms with E-state index >= 15 is 0 Å². The SMILES string of the molecule is CC(=O)OCC#C[C@@H](C)[C@@H](O)CCc1ccccc1. The molecule has 1 aromatic carbocycles. The summed E-state index contributed by atoms with van der Waals surface area (Å²) in [5.74, 6) is 5.17. The Bertz CT molecular complexity index is 442. The number of rotatable bonds is 5. The number of aliphatic hydroxyl groups is 1. The van der Waals surface area contributed by atoms with E-state index in [-0.39, 0.29) is 18.5 Å². The third-order valence-electron chi connectivity index (χ3n) is 2.83. The fourth-order valence-electron chi connectivity index (χ4n) is 1.65. The first-order valence-electron chi connectivity index (χ1n) is 6.43. The molecule has 19 heavy (non-hydrogen) atoms. The average molecular weight is 260 g/mol. The normalized spacial score (nSPS) is 13.0. The summed E-state index contributed by atoms with van der Waals surface area (Å²) in [5.41, 5.74) is 1.21. The molecule has 2 atom stereocenters. The Labute approximate surface area is 114 Å². The van der Waals surface area contributed by atoms with E-state index in [9.17, 15) is 9.90 Å². The number of aryl methyl sites for hydroxylation is 1. The van der Waals surface area contributed by atoms with Crippen LogP contribution in [-0.4, -0.2) is 23.8 Å². The first-order chi connectivity index (χ1) is 9.09. The van der Waals surface area contributed by atoms with Crippen molar-refractivity contribution in [2.75, 3.05) is 6.61 Å². The van der Waals surface area contributed by atoms with Gasteiger partial charge in [0.05, 0.1) is 6.10 Å². The molecule has 3 nitrogen and oxygen atoms in total. The van der Waals surface area contributed by atoms with Gasteiger partial charge in [0.15, 0.2) is 6.61 Å². The van der Waals surface area contributed by atoms with Crippen LogP contribution < -0.4 is 0 Å². The molecule has 0 aliphatic rings. The minimum absolute atomic E-state index is 0.0884. The first-order valence-corrected chi connectivity index (χ1v) is 6.43. The third-order valence-corrected chi connectivity index (χ3v) is 2.83. The summed E-state index contributed by atoms with van der Waals surface area (Å²) >= 11 is 0. The van der Waals surface area contributed by atoms with Gasteiger partial charge in [0.2, 0.25) is 0 Å². The zero-order valence-electron chi connectivity index (χ0n) is 11.4. The minimum atomic E-state index is -0.468. The van der Waals surface area contributed by atoms with E-state index in [1.807, 2.05) is 37.3 Å². The van der Waals surface area contributed by atoms with Crippen molar-refractivity contribution in [2.24, 2.45) is 5.92 Å². The van der Waals surface area contributed by atoms with Gasteiger partial charge in [-0.05, 0) is 25.3 Å².